The van der Waals surface area contributed by atoms with E-state index in [1.54, 1.807) is 0 Å². The Morgan fingerprint density at radius 2 is 2.15 bits per heavy atom. The van der Waals surface area contributed by atoms with Crippen molar-refractivity contribution in [3.8, 4) is 11.5 Å². The molecule has 2 rings (SSSR count). The summed E-state index contributed by atoms with van der Waals surface area (Å²) in [5.41, 5.74) is 1.08. The van der Waals surface area contributed by atoms with E-state index in [0.717, 1.165) is 17.1 Å². The van der Waals surface area contributed by atoms with Crippen LogP contribution in [0.5, 0.6) is 11.5 Å². The number of hydrogen-bond donors (Lipinski definition) is 2. The summed E-state index contributed by atoms with van der Waals surface area (Å²) in [6.45, 7) is 0.315. The Bertz CT molecular complexity index is 316. The van der Waals surface area contributed by atoms with Crippen LogP contribution in [0.2, 0.25) is 0 Å². The summed E-state index contributed by atoms with van der Waals surface area (Å²) >= 11 is 4.35. The second kappa shape index (κ2) is 3.47. The molecular formula is C9H11NO2S. The summed E-state index contributed by atoms with van der Waals surface area (Å²) in [6, 6.07) is 5.82. The maximum atomic E-state index is 5.25. The van der Waals surface area contributed by atoms with Crippen molar-refractivity contribution >= 4 is 12.6 Å². The fourth-order valence-corrected chi connectivity index (χ4v) is 1.41. The van der Waals surface area contributed by atoms with Gasteiger partial charge in [-0.05, 0) is 24.7 Å². The van der Waals surface area contributed by atoms with Crippen LogP contribution in [-0.2, 0) is 0 Å². The Labute approximate surface area is 82.5 Å². The summed E-state index contributed by atoms with van der Waals surface area (Å²) < 4.78 is 10.4. The molecule has 0 bridgehead atoms. The maximum absolute atomic E-state index is 5.25. The van der Waals surface area contributed by atoms with Crippen LogP contribution in [0.4, 0.5) is 0 Å². The number of fused-ring (bicyclic) bond motifs is 1. The van der Waals surface area contributed by atoms with Crippen molar-refractivity contribution in [2.75, 3.05) is 13.8 Å². The molecule has 1 heterocycles. The van der Waals surface area contributed by atoms with Gasteiger partial charge in [0.1, 0.15) is 0 Å². The highest BCUT2D eigenvalue weighted by Crippen LogP contribution is 2.34. The van der Waals surface area contributed by atoms with Crippen LogP contribution in [0.3, 0.4) is 0 Å². The third-order valence-electron chi connectivity index (χ3n) is 1.99. The van der Waals surface area contributed by atoms with Crippen LogP contribution in [0.1, 0.15) is 10.9 Å². The first-order valence-electron chi connectivity index (χ1n) is 4.06. The number of rotatable bonds is 2. The molecule has 1 N–H and O–H groups in total. The number of nitrogens with one attached hydrogen (secondary N) is 1. The molecule has 0 fully saturated rings. The van der Waals surface area contributed by atoms with Crippen LogP contribution >= 0.6 is 12.6 Å². The molecule has 0 saturated carbocycles. The summed E-state index contributed by atoms with van der Waals surface area (Å²) in [7, 11) is 1.86. The van der Waals surface area contributed by atoms with E-state index in [1.165, 1.54) is 0 Å². The third kappa shape index (κ3) is 1.59. The van der Waals surface area contributed by atoms with E-state index in [-0.39, 0.29) is 5.37 Å². The second-order valence-electron chi connectivity index (χ2n) is 2.80. The normalized spacial score (nSPS) is 15.8. The van der Waals surface area contributed by atoms with Crippen molar-refractivity contribution in [2.45, 2.75) is 5.37 Å². The summed E-state index contributed by atoms with van der Waals surface area (Å²) in [5.74, 6) is 1.60. The van der Waals surface area contributed by atoms with E-state index in [2.05, 4.69) is 17.9 Å². The van der Waals surface area contributed by atoms with Crippen molar-refractivity contribution in [1.29, 1.82) is 0 Å². The Hall–Kier alpha value is -0.870. The van der Waals surface area contributed by atoms with E-state index in [9.17, 15) is 0 Å². The molecule has 0 radical (unpaired) electrons. The van der Waals surface area contributed by atoms with E-state index in [1.807, 2.05) is 25.2 Å². The molecule has 1 aliphatic heterocycles. The summed E-state index contributed by atoms with van der Waals surface area (Å²) in [4.78, 5) is 0. The fraction of sp³-hybridized carbons (Fsp3) is 0.333. The summed E-state index contributed by atoms with van der Waals surface area (Å²) in [5, 5.41) is 3.08. The van der Waals surface area contributed by atoms with E-state index in [4.69, 9.17) is 9.47 Å². The monoisotopic (exact) mass is 197 g/mol. The van der Waals surface area contributed by atoms with Crippen molar-refractivity contribution < 1.29 is 9.47 Å². The molecule has 1 aliphatic rings. The number of thiol groups is 1. The van der Waals surface area contributed by atoms with Gasteiger partial charge in [-0.3, -0.25) is 0 Å². The van der Waals surface area contributed by atoms with Crippen molar-refractivity contribution in [2.24, 2.45) is 0 Å². The Balaban J connectivity index is 2.30. The van der Waals surface area contributed by atoms with Gasteiger partial charge in [0.2, 0.25) is 6.79 Å². The zero-order valence-electron chi connectivity index (χ0n) is 7.28. The van der Waals surface area contributed by atoms with Crippen LogP contribution in [-0.4, -0.2) is 13.8 Å². The van der Waals surface area contributed by atoms with Crippen LogP contribution < -0.4 is 14.8 Å². The average molecular weight is 197 g/mol. The molecule has 13 heavy (non-hydrogen) atoms. The van der Waals surface area contributed by atoms with Gasteiger partial charge in [0.15, 0.2) is 11.5 Å². The Morgan fingerprint density at radius 3 is 2.92 bits per heavy atom. The molecule has 70 valence electrons. The van der Waals surface area contributed by atoms with Crippen molar-refractivity contribution in [1.82, 2.24) is 5.32 Å². The van der Waals surface area contributed by atoms with Crippen molar-refractivity contribution in [3.63, 3.8) is 0 Å². The lowest BCUT2D eigenvalue weighted by Gasteiger charge is -2.09. The molecule has 1 aromatic rings. The molecule has 1 unspecified atom stereocenters. The van der Waals surface area contributed by atoms with E-state index in [0.29, 0.717) is 6.79 Å². The highest BCUT2D eigenvalue weighted by molar-refractivity contribution is 7.80. The highest BCUT2D eigenvalue weighted by Gasteiger charge is 2.14. The Kier molecular flexibility index (Phi) is 2.33. The average Bonchev–Trinajstić information content (AvgIpc) is 2.63. The number of ether oxygens (including phenoxy) is 2. The maximum Gasteiger partial charge on any atom is 0.231 e. The predicted octanol–water partition coefficient (Wildman–Crippen LogP) is 1.56. The minimum Gasteiger partial charge on any atom is -0.454 e. The van der Waals surface area contributed by atoms with Crippen LogP contribution in [0.15, 0.2) is 18.2 Å². The van der Waals surface area contributed by atoms with Gasteiger partial charge in [0, 0.05) is 0 Å². The third-order valence-corrected chi connectivity index (χ3v) is 2.54. The van der Waals surface area contributed by atoms with Gasteiger partial charge in [-0.15, -0.1) is 0 Å². The lowest BCUT2D eigenvalue weighted by molar-refractivity contribution is 0.174. The molecule has 0 saturated heterocycles. The Morgan fingerprint density at radius 1 is 1.38 bits per heavy atom. The molecular weight excluding hydrogens is 186 g/mol. The zero-order chi connectivity index (χ0) is 9.26. The van der Waals surface area contributed by atoms with Gasteiger partial charge in [-0.25, -0.2) is 0 Å². The molecule has 0 aromatic heterocycles. The molecule has 0 aliphatic carbocycles. The fourth-order valence-electron chi connectivity index (χ4n) is 1.25. The molecule has 3 nitrogen and oxygen atoms in total. The summed E-state index contributed by atoms with van der Waals surface area (Å²) in [6.07, 6.45) is 0. The molecule has 0 amide bonds. The van der Waals surface area contributed by atoms with Gasteiger partial charge < -0.3 is 14.8 Å². The van der Waals surface area contributed by atoms with Gasteiger partial charge >= 0.3 is 0 Å². The smallest absolute Gasteiger partial charge is 0.231 e. The molecule has 4 heteroatoms. The van der Waals surface area contributed by atoms with Gasteiger partial charge in [-0.2, -0.15) is 12.6 Å². The minimum atomic E-state index is 0.0366. The number of benzene rings is 1. The van der Waals surface area contributed by atoms with Crippen molar-refractivity contribution in [3.05, 3.63) is 23.8 Å². The molecule has 1 atom stereocenters. The molecule has 0 spiro atoms. The topological polar surface area (TPSA) is 30.5 Å². The second-order valence-corrected chi connectivity index (χ2v) is 3.32. The number of hydrogen-bond acceptors (Lipinski definition) is 4. The first kappa shape index (κ1) is 8.72. The van der Waals surface area contributed by atoms with Crippen LogP contribution in [0.25, 0.3) is 0 Å². The first-order valence-corrected chi connectivity index (χ1v) is 4.58. The SMILES string of the molecule is CNC(S)c1ccc2c(c1)OCO2. The van der Waals surface area contributed by atoms with Crippen LogP contribution in [0, 0.1) is 0 Å². The zero-order valence-corrected chi connectivity index (χ0v) is 8.17. The predicted molar refractivity (Wildman–Crippen MR) is 53.4 cm³/mol. The molecule has 1 aromatic carbocycles. The van der Waals surface area contributed by atoms with E-state index >= 15 is 0 Å². The van der Waals surface area contributed by atoms with Gasteiger partial charge in [-0.1, -0.05) is 6.07 Å². The minimum absolute atomic E-state index is 0.0366. The highest BCUT2D eigenvalue weighted by atomic mass is 32.1. The first-order chi connectivity index (χ1) is 6.31. The largest absolute Gasteiger partial charge is 0.454 e. The lowest BCUT2D eigenvalue weighted by atomic mass is 10.2. The van der Waals surface area contributed by atoms with Gasteiger partial charge in [0.05, 0.1) is 5.37 Å². The van der Waals surface area contributed by atoms with E-state index < -0.39 is 0 Å². The van der Waals surface area contributed by atoms with Gasteiger partial charge in [0.25, 0.3) is 0 Å². The standard InChI is InChI=1S/C9H11NO2S/c1-10-9(13)6-2-3-7-8(4-6)12-5-11-7/h2-4,9-10,13H,5H2,1H3. The quantitative estimate of drug-likeness (QED) is 0.557. The lowest BCUT2D eigenvalue weighted by Crippen LogP contribution is -2.09.